The van der Waals surface area contributed by atoms with Crippen molar-refractivity contribution in [1.29, 1.82) is 0 Å². The number of rotatable bonds is 3. The number of likely N-dealkylation sites (tertiary alicyclic amines) is 2. The number of hydrogen-bond acceptors (Lipinski definition) is 3. The van der Waals surface area contributed by atoms with Crippen molar-refractivity contribution in [2.45, 2.75) is 86.5 Å². The standard InChI is InChI=1S/C25H42N2O3/c1-24(2,3)19-11-13-26(14-12-19)22(29)18-9-7-17(8-10-18)16-27-21(28)15-20(23(27)30)25(4,5)6/h17-20H,7-16H2,1-6H3. The molecule has 3 rings (SSSR count). The van der Waals surface area contributed by atoms with Gasteiger partial charge in [0.1, 0.15) is 0 Å². The topological polar surface area (TPSA) is 57.7 Å². The van der Waals surface area contributed by atoms with Gasteiger partial charge in [-0.25, -0.2) is 0 Å². The molecule has 5 heteroatoms. The first-order valence-electron chi connectivity index (χ1n) is 12.0. The zero-order valence-corrected chi connectivity index (χ0v) is 20.0. The van der Waals surface area contributed by atoms with E-state index in [4.69, 9.17) is 0 Å². The van der Waals surface area contributed by atoms with Gasteiger partial charge in [-0.2, -0.15) is 0 Å². The van der Waals surface area contributed by atoms with E-state index in [1.165, 1.54) is 4.90 Å². The number of imide groups is 1. The number of amides is 3. The third-order valence-corrected chi connectivity index (χ3v) is 7.96. The summed E-state index contributed by atoms with van der Waals surface area (Å²) in [6.07, 6.45) is 6.22. The highest BCUT2D eigenvalue weighted by Gasteiger charge is 2.45. The number of piperidine rings is 1. The van der Waals surface area contributed by atoms with Gasteiger partial charge in [-0.3, -0.25) is 19.3 Å². The minimum Gasteiger partial charge on any atom is -0.342 e. The van der Waals surface area contributed by atoms with Gasteiger partial charge >= 0.3 is 0 Å². The molecular formula is C25H42N2O3. The summed E-state index contributed by atoms with van der Waals surface area (Å²) in [5.41, 5.74) is 0.148. The molecule has 3 amide bonds. The molecule has 1 aliphatic carbocycles. The van der Waals surface area contributed by atoms with E-state index in [0.29, 0.717) is 36.1 Å². The van der Waals surface area contributed by atoms with E-state index in [1.54, 1.807) is 0 Å². The molecule has 0 aromatic rings. The van der Waals surface area contributed by atoms with Gasteiger partial charge < -0.3 is 4.90 Å². The molecule has 170 valence electrons. The Kier molecular flexibility index (Phi) is 6.69. The molecule has 0 N–H and O–H groups in total. The second kappa shape index (κ2) is 8.63. The Bertz CT molecular complexity index is 657. The summed E-state index contributed by atoms with van der Waals surface area (Å²) in [6.45, 7) is 15.3. The van der Waals surface area contributed by atoms with E-state index in [1.807, 2.05) is 20.8 Å². The molecule has 0 spiro atoms. The first-order chi connectivity index (χ1) is 13.9. The molecule has 0 radical (unpaired) electrons. The molecule has 30 heavy (non-hydrogen) atoms. The van der Waals surface area contributed by atoms with E-state index in [0.717, 1.165) is 51.6 Å². The molecule has 0 aromatic carbocycles. The van der Waals surface area contributed by atoms with Gasteiger partial charge in [0, 0.05) is 32.0 Å². The van der Waals surface area contributed by atoms with E-state index < -0.39 is 0 Å². The van der Waals surface area contributed by atoms with E-state index >= 15 is 0 Å². The van der Waals surface area contributed by atoms with Gasteiger partial charge in [-0.15, -0.1) is 0 Å². The van der Waals surface area contributed by atoms with Crippen LogP contribution >= 0.6 is 0 Å². The molecule has 1 unspecified atom stereocenters. The predicted molar refractivity (Wildman–Crippen MR) is 118 cm³/mol. The first kappa shape index (κ1) is 23.3. The van der Waals surface area contributed by atoms with Crippen LogP contribution in [0.15, 0.2) is 0 Å². The van der Waals surface area contributed by atoms with Crippen LogP contribution in [0.2, 0.25) is 0 Å². The largest absolute Gasteiger partial charge is 0.342 e. The summed E-state index contributed by atoms with van der Waals surface area (Å²) in [6, 6.07) is 0. The SMILES string of the molecule is CC(C)(C)C1CCN(C(=O)C2CCC(CN3C(=O)CC(C(C)(C)C)C3=O)CC2)CC1. The van der Waals surface area contributed by atoms with Crippen molar-refractivity contribution in [2.24, 2.45) is 34.5 Å². The predicted octanol–water partition coefficient (Wildman–Crippen LogP) is 4.50. The maximum Gasteiger partial charge on any atom is 0.233 e. The van der Waals surface area contributed by atoms with Crippen LogP contribution in [-0.4, -0.2) is 47.2 Å². The van der Waals surface area contributed by atoms with Gasteiger partial charge in [0.05, 0.1) is 5.92 Å². The second-order valence-corrected chi connectivity index (χ2v) is 12.1. The Hall–Kier alpha value is -1.39. The average Bonchev–Trinajstić information content (AvgIpc) is 2.96. The number of hydrogen-bond donors (Lipinski definition) is 0. The van der Waals surface area contributed by atoms with Crippen molar-refractivity contribution < 1.29 is 14.4 Å². The van der Waals surface area contributed by atoms with Crippen LogP contribution in [0.3, 0.4) is 0 Å². The average molecular weight is 419 g/mol. The highest BCUT2D eigenvalue weighted by molar-refractivity contribution is 6.03. The Morgan fingerprint density at radius 2 is 1.43 bits per heavy atom. The highest BCUT2D eigenvalue weighted by Crippen LogP contribution is 2.38. The Morgan fingerprint density at radius 3 is 1.90 bits per heavy atom. The van der Waals surface area contributed by atoms with Gasteiger partial charge in [-0.1, -0.05) is 41.5 Å². The van der Waals surface area contributed by atoms with E-state index in [2.05, 4.69) is 25.7 Å². The van der Waals surface area contributed by atoms with Crippen LogP contribution < -0.4 is 0 Å². The van der Waals surface area contributed by atoms with Crippen molar-refractivity contribution in [3.05, 3.63) is 0 Å². The molecule has 1 atom stereocenters. The summed E-state index contributed by atoms with van der Waals surface area (Å²) < 4.78 is 0. The molecule has 2 saturated heterocycles. The van der Waals surface area contributed by atoms with Gasteiger partial charge in [-0.05, 0) is 61.2 Å². The first-order valence-corrected chi connectivity index (χ1v) is 12.0. The quantitative estimate of drug-likeness (QED) is 0.634. The molecule has 1 saturated carbocycles. The maximum absolute atomic E-state index is 13.0. The Morgan fingerprint density at radius 1 is 0.867 bits per heavy atom. The fraction of sp³-hybridized carbons (Fsp3) is 0.880. The van der Waals surface area contributed by atoms with Crippen LogP contribution in [0.4, 0.5) is 0 Å². The number of nitrogens with zero attached hydrogens (tertiary/aromatic N) is 2. The third kappa shape index (κ3) is 5.08. The molecule has 3 fully saturated rings. The van der Waals surface area contributed by atoms with Gasteiger partial charge in [0.25, 0.3) is 0 Å². The second-order valence-electron chi connectivity index (χ2n) is 12.1. The zero-order valence-electron chi connectivity index (χ0n) is 20.0. The molecule has 3 aliphatic rings. The van der Waals surface area contributed by atoms with Crippen molar-refractivity contribution in [3.63, 3.8) is 0 Å². The molecule has 0 aromatic heterocycles. The summed E-state index contributed by atoms with van der Waals surface area (Å²) in [5.74, 6) is 1.30. The number of carbonyl (C=O) groups is 3. The van der Waals surface area contributed by atoms with Crippen molar-refractivity contribution in [2.75, 3.05) is 19.6 Å². The lowest BCUT2D eigenvalue weighted by Gasteiger charge is -2.40. The van der Waals surface area contributed by atoms with Crippen molar-refractivity contribution in [1.82, 2.24) is 9.80 Å². The smallest absolute Gasteiger partial charge is 0.233 e. The number of carbonyl (C=O) groups excluding carboxylic acids is 3. The van der Waals surface area contributed by atoms with E-state index in [-0.39, 0.29) is 29.1 Å². The van der Waals surface area contributed by atoms with E-state index in [9.17, 15) is 14.4 Å². The summed E-state index contributed by atoms with van der Waals surface area (Å²) in [5, 5.41) is 0. The lowest BCUT2D eigenvalue weighted by atomic mass is 9.75. The maximum atomic E-state index is 13.0. The Balaban J connectivity index is 1.47. The van der Waals surface area contributed by atoms with Gasteiger partial charge in [0.15, 0.2) is 0 Å². The zero-order chi connectivity index (χ0) is 22.3. The van der Waals surface area contributed by atoms with Crippen LogP contribution in [0.5, 0.6) is 0 Å². The normalized spacial score (nSPS) is 29.6. The summed E-state index contributed by atoms with van der Waals surface area (Å²) >= 11 is 0. The Labute approximate surface area is 182 Å². The van der Waals surface area contributed by atoms with Crippen molar-refractivity contribution >= 4 is 17.7 Å². The monoisotopic (exact) mass is 418 g/mol. The minimum absolute atomic E-state index is 0.00687. The molecule has 2 heterocycles. The molecule has 0 bridgehead atoms. The fourth-order valence-corrected chi connectivity index (χ4v) is 5.63. The van der Waals surface area contributed by atoms with Crippen LogP contribution in [0.1, 0.15) is 86.5 Å². The molecule has 5 nitrogen and oxygen atoms in total. The highest BCUT2D eigenvalue weighted by atomic mass is 16.2. The summed E-state index contributed by atoms with van der Waals surface area (Å²) in [4.78, 5) is 41.8. The third-order valence-electron chi connectivity index (χ3n) is 7.96. The molecular weight excluding hydrogens is 376 g/mol. The van der Waals surface area contributed by atoms with Gasteiger partial charge in [0.2, 0.25) is 17.7 Å². The fourth-order valence-electron chi connectivity index (χ4n) is 5.63. The van der Waals surface area contributed by atoms with Crippen LogP contribution in [-0.2, 0) is 14.4 Å². The minimum atomic E-state index is -0.195. The van der Waals surface area contributed by atoms with Crippen molar-refractivity contribution in [3.8, 4) is 0 Å². The lowest BCUT2D eigenvalue weighted by molar-refractivity contribution is -0.143. The molecule has 2 aliphatic heterocycles. The lowest BCUT2D eigenvalue weighted by Crippen LogP contribution is -2.45. The van der Waals surface area contributed by atoms with Crippen LogP contribution in [0, 0.1) is 34.5 Å². The summed E-state index contributed by atoms with van der Waals surface area (Å²) in [7, 11) is 0. The van der Waals surface area contributed by atoms with Crippen LogP contribution in [0.25, 0.3) is 0 Å².